The average Bonchev–Trinajstić information content (AvgIpc) is 2.27. The van der Waals surface area contributed by atoms with Crippen molar-refractivity contribution in [2.75, 3.05) is 5.88 Å². The molecule has 1 aromatic heterocycles. The summed E-state index contributed by atoms with van der Waals surface area (Å²) in [5, 5.41) is -1.91. The van der Waals surface area contributed by atoms with E-state index in [0.29, 0.717) is 6.07 Å². The molecule has 96 valence electrons. The molecule has 0 saturated carbocycles. The van der Waals surface area contributed by atoms with Crippen molar-refractivity contribution >= 4 is 21.4 Å². The number of nitrogens with zero attached hydrogens (tertiary/aromatic N) is 2. The zero-order valence-corrected chi connectivity index (χ0v) is 10.1. The van der Waals surface area contributed by atoms with E-state index in [1.165, 1.54) is 6.92 Å². The van der Waals surface area contributed by atoms with Crippen LogP contribution in [-0.2, 0) is 16.0 Å². The van der Waals surface area contributed by atoms with Crippen LogP contribution in [0.4, 0.5) is 13.2 Å². The maximum atomic E-state index is 12.3. The van der Waals surface area contributed by atoms with Crippen LogP contribution in [0.2, 0.25) is 0 Å². The molecule has 0 fully saturated rings. The predicted molar refractivity (Wildman–Crippen MR) is 54.4 cm³/mol. The van der Waals surface area contributed by atoms with Crippen molar-refractivity contribution in [2.45, 2.75) is 23.5 Å². The lowest BCUT2D eigenvalue weighted by molar-refractivity contribution is -0.141. The van der Waals surface area contributed by atoms with Gasteiger partial charge in [0.25, 0.3) is 0 Å². The summed E-state index contributed by atoms with van der Waals surface area (Å²) < 4.78 is 60.3. The van der Waals surface area contributed by atoms with Crippen molar-refractivity contribution in [2.24, 2.45) is 0 Å². The fraction of sp³-hybridized carbons (Fsp3) is 0.500. The van der Waals surface area contributed by atoms with Gasteiger partial charge < -0.3 is 0 Å². The minimum absolute atomic E-state index is 0.248. The van der Waals surface area contributed by atoms with Gasteiger partial charge in [-0.05, 0) is 13.0 Å². The van der Waals surface area contributed by atoms with E-state index in [0.717, 1.165) is 6.20 Å². The van der Waals surface area contributed by atoms with Crippen LogP contribution in [0.1, 0.15) is 12.6 Å². The van der Waals surface area contributed by atoms with Crippen LogP contribution < -0.4 is 0 Å². The standard InChI is InChI=1S/C8H8ClF3N2O2S/c1-5(4-9)17(15,16)7-13-3-2-6(14-7)8(10,11)12/h2-3,5H,4H2,1H3. The van der Waals surface area contributed by atoms with Gasteiger partial charge in [-0.2, -0.15) is 13.2 Å². The molecule has 0 radical (unpaired) electrons. The Morgan fingerprint density at radius 2 is 2.06 bits per heavy atom. The second kappa shape index (κ2) is 4.77. The number of hydrogen-bond acceptors (Lipinski definition) is 4. The zero-order chi connectivity index (χ0) is 13.3. The topological polar surface area (TPSA) is 59.9 Å². The molecule has 1 heterocycles. The summed E-state index contributed by atoms with van der Waals surface area (Å²) in [5.41, 5.74) is -1.30. The molecule has 1 atom stereocenters. The molecule has 0 amide bonds. The smallest absolute Gasteiger partial charge is 0.227 e. The Balaban J connectivity index is 3.26. The van der Waals surface area contributed by atoms with Crippen molar-refractivity contribution in [1.29, 1.82) is 0 Å². The van der Waals surface area contributed by atoms with Gasteiger partial charge in [0.2, 0.25) is 15.0 Å². The summed E-state index contributed by atoms with van der Waals surface area (Å²) in [6, 6.07) is 0.602. The first kappa shape index (κ1) is 14.2. The molecular weight excluding hydrogens is 281 g/mol. The Morgan fingerprint density at radius 3 is 2.53 bits per heavy atom. The van der Waals surface area contributed by atoms with E-state index in [4.69, 9.17) is 11.6 Å². The number of alkyl halides is 4. The highest BCUT2D eigenvalue weighted by Crippen LogP contribution is 2.27. The highest BCUT2D eigenvalue weighted by molar-refractivity contribution is 7.91. The first-order valence-electron chi connectivity index (χ1n) is 4.39. The molecule has 9 heteroatoms. The summed E-state index contributed by atoms with van der Waals surface area (Å²) in [4.78, 5) is 6.34. The summed E-state index contributed by atoms with van der Waals surface area (Å²) in [6.07, 6.45) is -3.96. The first-order chi connectivity index (χ1) is 7.69. The van der Waals surface area contributed by atoms with E-state index in [1.807, 2.05) is 0 Å². The monoisotopic (exact) mass is 288 g/mol. The van der Waals surface area contributed by atoms with Gasteiger partial charge in [0, 0.05) is 12.1 Å². The third-order valence-corrected chi connectivity index (χ3v) is 4.50. The zero-order valence-electron chi connectivity index (χ0n) is 8.57. The lowest BCUT2D eigenvalue weighted by Gasteiger charge is -2.10. The van der Waals surface area contributed by atoms with Gasteiger partial charge in [0.15, 0.2) is 0 Å². The largest absolute Gasteiger partial charge is 0.433 e. The number of sulfone groups is 1. The lowest BCUT2D eigenvalue weighted by atomic mass is 10.4. The number of hydrogen-bond donors (Lipinski definition) is 0. The van der Waals surface area contributed by atoms with Crippen LogP contribution in [-0.4, -0.2) is 29.5 Å². The third kappa shape index (κ3) is 3.06. The van der Waals surface area contributed by atoms with Crippen LogP contribution in [0.15, 0.2) is 17.4 Å². The molecule has 1 rings (SSSR count). The Hall–Kier alpha value is -0.890. The van der Waals surface area contributed by atoms with Crippen molar-refractivity contribution in [3.05, 3.63) is 18.0 Å². The van der Waals surface area contributed by atoms with Crippen LogP contribution in [0.3, 0.4) is 0 Å². The minimum Gasteiger partial charge on any atom is -0.227 e. The quantitative estimate of drug-likeness (QED) is 0.629. The minimum atomic E-state index is -4.71. The van der Waals surface area contributed by atoms with Gasteiger partial charge in [-0.25, -0.2) is 18.4 Å². The highest BCUT2D eigenvalue weighted by atomic mass is 35.5. The predicted octanol–water partition coefficient (Wildman–Crippen LogP) is 1.90. The molecule has 0 bridgehead atoms. The molecule has 0 N–H and O–H groups in total. The van der Waals surface area contributed by atoms with Gasteiger partial charge in [0.05, 0.1) is 5.25 Å². The lowest BCUT2D eigenvalue weighted by Crippen LogP contribution is -2.23. The van der Waals surface area contributed by atoms with E-state index in [1.54, 1.807) is 0 Å². The highest BCUT2D eigenvalue weighted by Gasteiger charge is 2.35. The van der Waals surface area contributed by atoms with Crippen molar-refractivity contribution in [3.8, 4) is 0 Å². The molecule has 0 aromatic carbocycles. The fourth-order valence-corrected chi connectivity index (χ4v) is 2.36. The first-order valence-corrected chi connectivity index (χ1v) is 6.47. The Labute approximate surface area is 101 Å². The van der Waals surface area contributed by atoms with E-state index in [2.05, 4.69) is 9.97 Å². The number of rotatable bonds is 3. The Kier molecular flexibility index (Phi) is 3.98. The summed E-state index contributed by atoms with van der Waals surface area (Å²) >= 11 is 5.36. The van der Waals surface area contributed by atoms with Gasteiger partial charge in [-0.1, -0.05) is 0 Å². The molecule has 4 nitrogen and oxygen atoms in total. The van der Waals surface area contributed by atoms with E-state index >= 15 is 0 Å². The summed E-state index contributed by atoms with van der Waals surface area (Å²) in [7, 11) is -4.03. The van der Waals surface area contributed by atoms with E-state index in [-0.39, 0.29) is 5.88 Å². The second-order valence-corrected chi connectivity index (χ2v) is 5.80. The normalized spacial score (nSPS) is 14.6. The van der Waals surface area contributed by atoms with Crippen LogP contribution in [0.25, 0.3) is 0 Å². The SMILES string of the molecule is CC(CCl)S(=O)(=O)c1nccc(C(F)(F)F)n1. The van der Waals surface area contributed by atoms with Gasteiger partial charge in [0.1, 0.15) is 5.69 Å². The molecule has 0 saturated heterocycles. The van der Waals surface area contributed by atoms with Crippen molar-refractivity contribution < 1.29 is 21.6 Å². The van der Waals surface area contributed by atoms with Crippen LogP contribution >= 0.6 is 11.6 Å². The molecule has 0 spiro atoms. The average molecular weight is 289 g/mol. The number of aromatic nitrogens is 2. The molecule has 1 aromatic rings. The number of halogens is 4. The van der Waals surface area contributed by atoms with Crippen LogP contribution in [0, 0.1) is 0 Å². The molecule has 1 unspecified atom stereocenters. The molecule has 0 aliphatic heterocycles. The third-order valence-electron chi connectivity index (χ3n) is 1.93. The van der Waals surface area contributed by atoms with Gasteiger partial charge in [-0.15, -0.1) is 11.6 Å². The summed E-state index contributed by atoms with van der Waals surface area (Å²) in [5.74, 6) is -0.248. The maximum absolute atomic E-state index is 12.3. The van der Waals surface area contributed by atoms with Gasteiger partial charge in [-0.3, -0.25) is 0 Å². The molecular formula is C8H8ClF3N2O2S. The van der Waals surface area contributed by atoms with E-state index in [9.17, 15) is 21.6 Å². The Bertz CT molecular complexity index is 504. The molecule has 0 aliphatic carbocycles. The fourth-order valence-electron chi connectivity index (χ4n) is 0.899. The maximum Gasteiger partial charge on any atom is 0.433 e. The molecule has 0 aliphatic rings. The second-order valence-electron chi connectivity index (χ2n) is 3.23. The van der Waals surface area contributed by atoms with Crippen LogP contribution in [0.5, 0.6) is 0 Å². The van der Waals surface area contributed by atoms with Gasteiger partial charge >= 0.3 is 6.18 Å². The van der Waals surface area contributed by atoms with Crippen molar-refractivity contribution in [3.63, 3.8) is 0 Å². The Morgan fingerprint density at radius 1 is 1.47 bits per heavy atom. The molecule has 17 heavy (non-hydrogen) atoms. The summed E-state index contributed by atoms with van der Waals surface area (Å²) in [6.45, 7) is 1.27. The van der Waals surface area contributed by atoms with Crippen molar-refractivity contribution in [1.82, 2.24) is 9.97 Å². The van der Waals surface area contributed by atoms with E-state index < -0.39 is 32.1 Å².